The van der Waals surface area contributed by atoms with Crippen LogP contribution >= 0.6 is 0 Å². The fourth-order valence-corrected chi connectivity index (χ4v) is 2.87. The van der Waals surface area contributed by atoms with E-state index in [2.05, 4.69) is 6.58 Å². The van der Waals surface area contributed by atoms with Gasteiger partial charge in [-0.25, -0.2) is 4.79 Å². The number of cyclic esters (lactones) is 1. The van der Waals surface area contributed by atoms with Crippen LogP contribution in [-0.4, -0.2) is 34.3 Å². The highest BCUT2D eigenvalue weighted by Crippen LogP contribution is 2.41. The standard InChI is InChI=1S/C15H18O5/c1-8(16)4-5-10-9(2)14(18)20-13(10)12-11(17)6-7-15(12,3)19/h6-7,10,12-13,19H,2,4-5H2,1,3H3/t10-,12+,13-,15-/m1/s1. The molecule has 5 heteroatoms. The Hall–Kier alpha value is -1.75. The maximum atomic E-state index is 11.9. The molecule has 1 fully saturated rings. The van der Waals surface area contributed by atoms with Gasteiger partial charge in [-0.15, -0.1) is 0 Å². The van der Waals surface area contributed by atoms with E-state index < -0.39 is 29.5 Å². The van der Waals surface area contributed by atoms with E-state index >= 15 is 0 Å². The molecule has 0 aromatic heterocycles. The number of Topliss-reactive ketones (excluding diaryl/α,β-unsaturated/α-hetero) is 1. The van der Waals surface area contributed by atoms with E-state index in [1.165, 1.54) is 26.0 Å². The largest absolute Gasteiger partial charge is 0.457 e. The summed E-state index contributed by atoms with van der Waals surface area (Å²) in [5.41, 5.74) is -1.08. The molecule has 0 saturated carbocycles. The monoisotopic (exact) mass is 278 g/mol. The maximum Gasteiger partial charge on any atom is 0.334 e. The predicted molar refractivity (Wildman–Crippen MR) is 70.7 cm³/mol. The number of carbonyl (C=O) groups excluding carboxylic acids is 3. The number of ether oxygens (including phenoxy) is 1. The average molecular weight is 278 g/mol. The topological polar surface area (TPSA) is 80.7 Å². The summed E-state index contributed by atoms with van der Waals surface area (Å²) in [5.74, 6) is -2.07. The molecular formula is C15H18O5. The molecule has 0 bridgehead atoms. The summed E-state index contributed by atoms with van der Waals surface area (Å²) in [4.78, 5) is 34.8. The van der Waals surface area contributed by atoms with Crippen molar-refractivity contribution in [2.75, 3.05) is 0 Å². The molecule has 1 heterocycles. The van der Waals surface area contributed by atoms with Crippen molar-refractivity contribution in [2.45, 2.75) is 38.4 Å². The molecule has 0 amide bonds. The minimum atomic E-state index is -1.35. The van der Waals surface area contributed by atoms with Crippen molar-refractivity contribution < 1.29 is 24.2 Å². The Morgan fingerprint density at radius 3 is 2.65 bits per heavy atom. The molecule has 108 valence electrons. The zero-order valence-electron chi connectivity index (χ0n) is 11.6. The van der Waals surface area contributed by atoms with Crippen molar-refractivity contribution in [1.82, 2.24) is 0 Å². The van der Waals surface area contributed by atoms with Gasteiger partial charge in [-0.2, -0.15) is 0 Å². The van der Waals surface area contributed by atoms with Gasteiger partial charge in [-0.1, -0.05) is 6.58 Å². The van der Waals surface area contributed by atoms with E-state index in [9.17, 15) is 19.5 Å². The van der Waals surface area contributed by atoms with E-state index in [0.717, 1.165) is 0 Å². The minimum Gasteiger partial charge on any atom is -0.457 e. The van der Waals surface area contributed by atoms with Crippen LogP contribution in [0.5, 0.6) is 0 Å². The Bertz CT molecular complexity index is 514. The van der Waals surface area contributed by atoms with Crippen LogP contribution in [0.3, 0.4) is 0 Å². The fourth-order valence-electron chi connectivity index (χ4n) is 2.87. The summed E-state index contributed by atoms with van der Waals surface area (Å²) >= 11 is 0. The minimum absolute atomic E-state index is 0.00136. The van der Waals surface area contributed by atoms with Crippen molar-refractivity contribution in [3.05, 3.63) is 24.3 Å². The first-order chi connectivity index (χ1) is 9.24. The lowest BCUT2D eigenvalue weighted by molar-refractivity contribution is -0.147. The third-order valence-electron chi connectivity index (χ3n) is 4.01. The summed E-state index contributed by atoms with van der Waals surface area (Å²) in [6.07, 6.45) is 2.64. The second-order valence-electron chi connectivity index (χ2n) is 5.68. The van der Waals surface area contributed by atoms with Crippen molar-refractivity contribution in [1.29, 1.82) is 0 Å². The van der Waals surface area contributed by atoms with Crippen molar-refractivity contribution in [3.63, 3.8) is 0 Å². The number of carbonyl (C=O) groups is 3. The molecule has 2 aliphatic rings. The first kappa shape index (κ1) is 14.7. The molecule has 0 radical (unpaired) electrons. The van der Waals surface area contributed by atoms with Crippen LogP contribution in [0.2, 0.25) is 0 Å². The van der Waals surface area contributed by atoms with Gasteiger partial charge in [0.25, 0.3) is 0 Å². The SMILES string of the molecule is C=C1C(=O)O[C@@H]([C@@H]2C(=O)C=C[C@@]2(C)O)[C@@H]1CCC(C)=O. The van der Waals surface area contributed by atoms with Crippen LogP contribution in [-0.2, 0) is 19.1 Å². The van der Waals surface area contributed by atoms with E-state index in [1.807, 2.05) is 0 Å². The highest BCUT2D eigenvalue weighted by molar-refractivity contribution is 5.98. The van der Waals surface area contributed by atoms with Gasteiger partial charge in [-0.05, 0) is 32.4 Å². The lowest BCUT2D eigenvalue weighted by atomic mass is 9.78. The van der Waals surface area contributed by atoms with Gasteiger partial charge in [0, 0.05) is 17.9 Å². The van der Waals surface area contributed by atoms with Crippen LogP contribution in [0.25, 0.3) is 0 Å². The Morgan fingerprint density at radius 2 is 2.15 bits per heavy atom. The molecule has 2 rings (SSSR count). The van der Waals surface area contributed by atoms with Gasteiger partial charge in [0.15, 0.2) is 5.78 Å². The van der Waals surface area contributed by atoms with Gasteiger partial charge in [0.05, 0.1) is 11.5 Å². The Kier molecular flexibility index (Phi) is 3.65. The van der Waals surface area contributed by atoms with Gasteiger partial charge < -0.3 is 14.6 Å². The number of allylic oxidation sites excluding steroid dienone is 1. The lowest BCUT2D eigenvalue weighted by Gasteiger charge is -2.30. The molecule has 0 unspecified atom stereocenters. The predicted octanol–water partition coefficient (Wildman–Crippen LogP) is 0.959. The van der Waals surface area contributed by atoms with Crippen molar-refractivity contribution in [2.24, 2.45) is 11.8 Å². The number of hydrogen-bond donors (Lipinski definition) is 1. The second-order valence-corrected chi connectivity index (χ2v) is 5.68. The van der Waals surface area contributed by atoms with Crippen LogP contribution in [0.1, 0.15) is 26.7 Å². The highest BCUT2D eigenvalue weighted by atomic mass is 16.6. The summed E-state index contributed by atoms with van der Waals surface area (Å²) in [7, 11) is 0. The molecule has 1 aliphatic heterocycles. The summed E-state index contributed by atoms with van der Waals surface area (Å²) in [6, 6.07) is 0. The van der Waals surface area contributed by atoms with Crippen molar-refractivity contribution >= 4 is 17.5 Å². The molecule has 0 spiro atoms. The molecule has 0 aromatic carbocycles. The second kappa shape index (κ2) is 4.98. The number of rotatable bonds is 4. The molecule has 1 saturated heterocycles. The average Bonchev–Trinajstić information content (AvgIpc) is 2.75. The van der Waals surface area contributed by atoms with E-state index in [0.29, 0.717) is 6.42 Å². The lowest BCUT2D eigenvalue weighted by Crippen LogP contribution is -2.44. The van der Waals surface area contributed by atoms with Crippen LogP contribution in [0, 0.1) is 11.8 Å². The molecule has 5 nitrogen and oxygen atoms in total. The maximum absolute atomic E-state index is 11.9. The van der Waals surface area contributed by atoms with E-state index in [4.69, 9.17) is 4.74 Å². The fraction of sp³-hybridized carbons (Fsp3) is 0.533. The molecular weight excluding hydrogens is 260 g/mol. The Labute approximate surface area is 117 Å². The smallest absolute Gasteiger partial charge is 0.334 e. The Balaban J connectivity index is 2.24. The molecule has 1 aliphatic carbocycles. The normalized spacial score (nSPS) is 36.5. The number of esters is 1. The zero-order chi connectivity index (χ0) is 15.1. The molecule has 4 atom stereocenters. The number of hydrogen-bond acceptors (Lipinski definition) is 5. The number of ketones is 2. The van der Waals surface area contributed by atoms with Crippen molar-refractivity contribution in [3.8, 4) is 0 Å². The third kappa shape index (κ3) is 2.45. The first-order valence-electron chi connectivity index (χ1n) is 6.58. The third-order valence-corrected chi connectivity index (χ3v) is 4.01. The number of aliphatic hydroxyl groups is 1. The van der Waals surface area contributed by atoms with E-state index in [-0.39, 0.29) is 23.6 Å². The van der Waals surface area contributed by atoms with Crippen LogP contribution < -0.4 is 0 Å². The molecule has 20 heavy (non-hydrogen) atoms. The summed E-state index contributed by atoms with van der Waals surface area (Å²) < 4.78 is 5.24. The first-order valence-corrected chi connectivity index (χ1v) is 6.58. The van der Waals surface area contributed by atoms with Gasteiger partial charge >= 0.3 is 5.97 Å². The van der Waals surface area contributed by atoms with Crippen LogP contribution in [0.4, 0.5) is 0 Å². The van der Waals surface area contributed by atoms with Gasteiger partial charge in [0.2, 0.25) is 0 Å². The molecule has 0 aromatic rings. The summed E-state index contributed by atoms with van der Waals surface area (Å²) in [5, 5.41) is 10.3. The molecule has 1 N–H and O–H groups in total. The quantitative estimate of drug-likeness (QED) is 0.612. The highest BCUT2D eigenvalue weighted by Gasteiger charge is 2.52. The van der Waals surface area contributed by atoms with Gasteiger partial charge in [-0.3, -0.25) is 4.79 Å². The zero-order valence-corrected chi connectivity index (χ0v) is 11.6. The van der Waals surface area contributed by atoms with E-state index in [1.54, 1.807) is 0 Å². The Morgan fingerprint density at radius 1 is 1.50 bits per heavy atom. The summed E-state index contributed by atoms with van der Waals surface area (Å²) in [6.45, 7) is 6.67. The van der Waals surface area contributed by atoms with Gasteiger partial charge in [0.1, 0.15) is 11.9 Å². The van der Waals surface area contributed by atoms with Crippen LogP contribution in [0.15, 0.2) is 24.3 Å².